The Hall–Kier alpha value is 0.01000. The molecule has 0 aliphatic carbocycles. The van der Waals surface area contributed by atoms with Crippen molar-refractivity contribution in [3.8, 4) is 0 Å². The van der Waals surface area contributed by atoms with Gasteiger partial charge in [0.25, 0.3) is 0 Å². The van der Waals surface area contributed by atoms with Gasteiger partial charge in [0.1, 0.15) is 0 Å². The maximum absolute atomic E-state index is 8.73. The maximum Gasteiger partial charge on any atom is 0.0781 e. The van der Waals surface area contributed by atoms with Crippen LogP contribution in [-0.4, -0.2) is 11.7 Å². The lowest BCUT2D eigenvalue weighted by atomic mass is 10.1. The standard InChI is InChI=1S/C9H10Cl3NO/c10-6-2-1-5(7(13)3-4-14)8(11)9(6)12/h1-2,7,14H,3-4,13H2/t7-/m1/s1. The number of hydrogen-bond donors (Lipinski definition) is 2. The first-order chi connectivity index (χ1) is 6.57. The highest BCUT2D eigenvalue weighted by molar-refractivity contribution is 6.48. The molecule has 0 unspecified atom stereocenters. The van der Waals surface area contributed by atoms with Gasteiger partial charge < -0.3 is 10.8 Å². The van der Waals surface area contributed by atoms with Gasteiger partial charge in [0.15, 0.2) is 0 Å². The lowest BCUT2D eigenvalue weighted by molar-refractivity contribution is 0.276. The molecule has 0 saturated heterocycles. The van der Waals surface area contributed by atoms with Crippen molar-refractivity contribution >= 4 is 34.8 Å². The van der Waals surface area contributed by atoms with Crippen LogP contribution in [0.3, 0.4) is 0 Å². The molecule has 0 aromatic heterocycles. The van der Waals surface area contributed by atoms with Crippen molar-refractivity contribution in [2.75, 3.05) is 6.61 Å². The first-order valence-corrected chi connectivity index (χ1v) is 5.21. The minimum Gasteiger partial charge on any atom is -0.396 e. The summed E-state index contributed by atoms with van der Waals surface area (Å²) in [7, 11) is 0. The van der Waals surface area contributed by atoms with E-state index >= 15 is 0 Å². The van der Waals surface area contributed by atoms with Crippen molar-refractivity contribution in [3.63, 3.8) is 0 Å². The van der Waals surface area contributed by atoms with Crippen LogP contribution in [0.15, 0.2) is 12.1 Å². The summed E-state index contributed by atoms with van der Waals surface area (Å²) in [5.74, 6) is 0. The van der Waals surface area contributed by atoms with Crippen molar-refractivity contribution in [3.05, 3.63) is 32.8 Å². The minimum atomic E-state index is -0.317. The molecule has 0 aliphatic rings. The van der Waals surface area contributed by atoms with Gasteiger partial charge in [0.2, 0.25) is 0 Å². The molecule has 1 aromatic rings. The monoisotopic (exact) mass is 253 g/mol. The van der Waals surface area contributed by atoms with E-state index < -0.39 is 0 Å². The quantitative estimate of drug-likeness (QED) is 0.815. The van der Waals surface area contributed by atoms with Crippen LogP contribution < -0.4 is 5.73 Å². The Morgan fingerprint density at radius 2 is 1.86 bits per heavy atom. The number of aliphatic hydroxyl groups excluding tert-OH is 1. The molecule has 0 amide bonds. The summed E-state index contributed by atoms with van der Waals surface area (Å²) in [4.78, 5) is 0. The molecule has 14 heavy (non-hydrogen) atoms. The van der Waals surface area contributed by atoms with Crippen LogP contribution in [0.4, 0.5) is 0 Å². The van der Waals surface area contributed by atoms with E-state index in [1.165, 1.54) is 0 Å². The topological polar surface area (TPSA) is 46.2 Å². The summed E-state index contributed by atoms with van der Waals surface area (Å²) in [6.45, 7) is 0.0116. The lowest BCUT2D eigenvalue weighted by Crippen LogP contribution is -2.12. The van der Waals surface area contributed by atoms with Crippen LogP contribution in [0.1, 0.15) is 18.0 Å². The third-order valence-electron chi connectivity index (χ3n) is 1.90. The Morgan fingerprint density at radius 1 is 1.21 bits per heavy atom. The van der Waals surface area contributed by atoms with Crippen LogP contribution in [-0.2, 0) is 0 Å². The highest BCUT2D eigenvalue weighted by Gasteiger charge is 2.13. The van der Waals surface area contributed by atoms with Crippen molar-refractivity contribution in [2.45, 2.75) is 12.5 Å². The fraction of sp³-hybridized carbons (Fsp3) is 0.333. The zero-order chi connectivity index (χ0) is 10.7. The molecule has 0 radical (unpaired) electrons. The number of hydrogen-bond acceptors (Lipinski definition) is 2. The summed E-state index contributed by atoms with van der Waals surface area (Å²) in [6, 6.07) is 3.04. The van der Waals surface area contributed by atoms with E-state index in [4.69, 9.17) is 45.6 Å². The van der Waals surface area contributed by atoms with Crippen LogP contribution in [0, 0.1) is 0 Å². The summed E-state index contributed by atoms with van der Waals surface area (Å²) in [5, 5.41) is 9.80. The van der Waals surface area contributed by atoms with Gasteiger partial charge in [-0.05, 0) is 18.1 Å². The molecule has 0 aliphatic heterocycles. The molecule has 0 bridgehead atoms. The Balaban J connectivity index is 3.04. The summed E-state index contributed by atoms with van der Waals surface area (Å²) in [6.07, 6.45) is 0.442. The lowest BCUT2D eigenvalue weighted by Gasteiger charge is -2.13. The molecule has 1 rings (SSSR count). The summed E-state index contributed by atoms with van der Waals surface area (Å²) >= 11 is 17.6. The van der Waals surface area contributed by atoms with E-state index in [0.717, 1.165) is 0 Å². The van der Waals surface area contributed by atoms with Gasteiger partial charge in [-0.15, -0.1) is 0 Å². The molecule has 5 heteroatoms. The van der Waals surface area contributed by atoms with E-state index in [2.05, 4.69) is 0 Å². The molecule has 0 fully saturated rings. The predicted molar refractivity (Wildman–Crippen MR) is 60.1 cm³/mol. The van der Waals surface area contributed by atoms with Crippen LogP contribution in [0.25, 0.3) is 0 Å². The van der Waals surface area contributed by atoms with Gasteiger partial charge in [0, 0.05) is 12.6 Å². The second-order valence-corrected chi connectivity index (χ2v) is 4.05. The van der Waals surface area contributed by atoms with Gasteiger partial charge in [-0.2, -0.15) is 0 Å². The van der Waals surface area contributed by atoms with Gasteiger partial charge in [0.05, 0.1) is 15.1 Å². The number of rotatable bonds is 3. The Labute approximate surface area is 97.6 Å². The van der Waals surface area contributed by atoms with Crippen molar-refractivity contribution in [2.24, 2.45) is 5.73 Å². The second-order valence-electron chi connectivity index (χ2n) is 2.88. The number of aliphatic hydroxyl groups is 1. The smallest absolute Gasteiger partial charge is 0.0781 e. The Bertz CT molecular complexity index is 330. The van der Waals surface area contributed by atoms with Crippen molar-refractivity contribution in [1.82, 2.24) is 0 Å². The number of halogens is 3. The van der Waals surface area contributed by atoms with E-state index in [1.807, 2.05) is 0 Å². The van der Waals surface area contributed by atoms with E-state index in [-0.39, 0.29) is 12.6 Å². The van der Waals surface area contributed by atoms with Gasteiger partial charge in [-0.1, -0.05) is 40.9 Å². The largest absolute Gasteiger partial charge is 0.396 e. The predicted octanol–water partition coefficient (Wildman–Crippen LogP) is 3.03. The fourth-order valence-corrected chi connectivity index (χ4v) is 1.80. The molecule has 1 atom stereocenters. The summed E-state index contributed by atoms with van der Waals surface area (Å²) in [5.41, 5.74) is 6.48. The number of nitrogens with two attached hydrogens (primary N) is 1. The maximum atomic E-state index is 8.73. The van der Waals surface area contributed by atoms with E-state index in [0.29, 0.717) is 27.1 Å². The van der Waals surface area contributed by atoms with E-state index in [9.17, 15) is 0 Å². The van der Waals surface area contributed by atoms with Crippen LogP contribution >= 0.6 is 34.8 Å². The third-order valence-corrected chi connectivity index (χ3v) is 3.21. The van der Waals surface area contributed by atoms with E-state index in [1.54, 1.807) is 12.1 Å². The van der Waals surface area contributed by atoms with Gasteiger partial charge >= 0.3 is 0 Å². The zero-order valence-corrected chi connectivity index (χ0v) is 9.57. The highest BCUT2D eigenvalue weighted by Crippen LogP contribution is 2.35. The van der Waals surface area contributed by atoms with Crippen molar-refractivity contribution in [1.29, 1.82) is 0 Å². The molecule has 78 valence electrons. The average Bonchev–Trinajstić information content (AvgIpc) is 2.15. The Morgan fingerprint density at radius 3 is 2.43 bits per heavy atom. The molecule has 0 heterocycles. The highest BCUT2D eigenvalue weighted by atomic mass is 35.5. The second kappa shape index (κ2) is 5.19. The molecular weight excluding hydrogens is 244 g/mol. The SMILES string of the molecule is N[C@H](CCO)c1ccc(Cl)c(Cl)c1Cl. The first-order valence-electron chi connectivity index (χ1n) is 4.07. The normalized spacial score (nSPS) is 12.9. The molecule has 0 spiro atoms. The summed E-state index contributed by atoms with van der Waals surface area (Å²) < 4.78 is 0. The Kier molecular flexibility index (Phi) is 4.48. The van der Waals surface area contributed by atoms with Crippen LogP contribution in [0.5, 0.6) is 0 Å². The molecule has 0 saturated carbocycles. The average molecular weight is 255 g/mol. The van der Waals surface area contributed by atoms with Gasteiger partial charge in [-0.3, -0.25) is 0 Å². The fourth-order valence-electron chi connectivity index (χ4n) is 1.12. The zero-order valence-electron chi connectivity index (χ0n) is 7.30. The van der Waals surface area contributed by atoms with Gasteiger partial charge in [-0.25, -0.2) is 0 Å². The van der Waals surface area contributed by atoms with Crippen LogP contribution in [0.2, 0.25) is 15.1 Å². The minimum absolute atomic E-state index is 0.0116. The molecule has 2 nitrogen and oxygen atoms in total. The first kappa shape index (κ1) is 12.1. The molecule has 1 aromatic carbocycles. The van der Waals surface area contributed by atoms with Crippen molar-refractivity contribution < 1.29 is 5.11 Å². The molecular formula is C9H10Cl3NO. The third kappa shape index (κ3) is 2.53. The number of benzene rings is 1. The molecule has 3 N–H and O–H groups in total.